The smallest absolute Gasteiger partial charge is 0.264 e. The molecule has 5 nitrogen and oxygen atoms in total. The SMILES string of the molecule is COc1ccccc1/C=C1\SC(=Nc2cc3c4c(c2)[C@H](c2ccccc2)CCN4CC[C@@H]3c2ccccc2)NC1=O. The summed E-state index contributed by atoms with van der Waals surface area (Å²) < 4.78 is 5.48. The Hall–Kier alpha value is -4.29. The van der Waals surface area contributed by atoms with Crippen LogP contribution >= 0.6 is 11.8 Å². The number of para-hydroxylation sites is 1. The Balaban J connectivity index is 1.31. The fraction of sp³-hybridized carbons (Fsp3) is 0.200. The molecule has 0 unspecified atom stereocenters. The van der Waals surface area contributed by atoms with Crippen LogP contribution in [0.1, 0.15) is 52.5 Å². The van der Waals surface area contributed by atoms with Crippen molar-refractivity contribution in [2.24, 2.45) is 4.99 Å². The van der Waals surface area contributed by atoms with E-state index >= 15 is 0 Å². The predicted octanol–water partition coefficient (Wildman–Crippen LogP) is 7.46. The summed E-state index contributed by atoms with van der Waals surface area (Å²) in [5.74, 6) is 1.20. The predicted molar refractivity (Wildman–Crippen MR) is 168 cm³/mol. The van der Waals surface area contributed by atoms with E-state index in [0.717, 1.165) is 42.9 Å². The third kappa shape index (κ3) is 4.93. The van der Waals surface area contributed by atoms with Crippen LogP contribution in [-0.4, -0.2) is 31.3 Å². The summed E-state index contributed by atoms with van der Waals surface area (Å²) in [5, 5.41) is 3.59. The molecule has 3 heterocycles. The third-order valence-corrected chi connectivity index (χ3v) is 9.22. The molecule has 0 radical (unpaired) electrons. The largest absolute Gasteiger partial charge is 0.496 e. The van der Waals surface area contributed by atoms with Gasteiger partial charge in [0, 0.05) is 36.2 Å². The number of hydrogen-bond donors (Lipinski definition) is 1. The first-order chi connectivity index (χ1) is 20.2. The van der Waals surface area contributed by atoms with Gasteiger partial charge in [-0.1, -0.05) is 78.9 Å². The lowest BCUT2D eigenvalue weighted by Gasteiger charge is -2.43. The summed E-state index contributed by atoms with van der Waals surface area (Å²) in [6, 6.07) is 33.8. The van der Waals surface area contributed by atoms with E-state index in [0.29, 0.717) is 21.9 Å². The first-order valence-electron chi connectivity index (χ1n) is 14.1. The summed E-state index contributed by atoms with van der Waals surface area (Å²) in [5.41, 5.74) is 8.46. The van der Waals surface area contributed by atoms with Crippen LogP contribution in [-0.2, 0) is 4.79 Å². The highest BCUT2D eigenvalue weighted by Crippen LogP contribution is 2.50. The molecule has 204 valence electrons. The zero-order valence-electron chi connectivity index (χ0n) is 22.9. The Bertz CT molecular complexity index is 1590. The molecule has 1 N–H and O–H groups in total. The van der Waals surface area contributed by atoms with Gasteiger partial charge in [-0.2, -0.15) is 0 Å². The fourth-order valence-electron chi connectivity index (χ4n) is 6.43. The summed E-state index contributed by atoms with van der Waals surface area (Å²) in [6.07, 6.45) is 4.01. The molecule has 3 aliphatic heterocycles. The van der Waals surface area contributed by atoms with Crippen molar-refractivity contribution in [3.63, 3.8) is 0 Å². The average molecular weight is 558 g/mol. The zero-order valence-corrected chi connectivity index (χ0v) is 23.7. The van der Waals surface area contributed by atoms with Gasteiger partial charge in [-0.05, 0) is 71.1 Å². The second-order valence-corrected chi connectivity index (χ2v) is 11.7. The number of rotatable bonds is 5. The Labute approximate surface area is 245 Å². The van der Waals surface area contributed by atoms with Crippen molar-refractivity contribution in [1.29, 1.82) is 0 Å². The minimum absolute atomic E-state index is 0.144. The molecule has 0 aromatic heterocycles. The van der Waals surface area contributed by atoms with E-state index in [4.69, 9.17) is 9.73 Å². The van der Waals surface area contributed by atoms with Crippen molar-refractivity contribution in [3.8, 4) is 5.75 Å². The number of methoxy groups -OCH3 is 1. The summed E-state index contributed by atoms with van der Waals surface area (Å²) >= 11 is 1.37. The van der Waals surface area contributed by atoms with E-state index in [1.54, 1.807) is 7.11 Å². The van der Waals surface area contributed by atoms with Gasteiger partial charge in [-0.3, -0.25) is 4.79 Å². The number of nitrogens with zero attached hydrogens (tertiary/aromatic N) is 2. The maximum Gasteiger partial charge on any atom is 0.264 e. The third-order valence-electron chi connectivity index (χ3n) is 8.31. The molecule has 1 fully saturated rings. The molecular formula is C35H31N3O2S. The van der Waals surface area contributed by atoms with Gasteiger partial charge in [-0.15, -0.1) is 0 Å². The number of thioether (sulfide) groups is 1. The van der Waals surface area contributed by atoms with Gasteiger partial charge in [0.05, 0.1) is 17.7 Å². The number of benzene rings is 4. The molecule has 0 spiro atoms. The molecule has 41 heavy (non-hydrogen) atoms. The zero-order chi connectivity index (χ0) is 27.8. The van der Waals surface area contributed by atoms with E-state index < -0.39 is 0 Å². The van der Waals surface area contributed by atoms with E-state index in [9.17, 15) is 4.79 Å². The average Bonchev–Trinajstić information content (AvgIpc) is 3.36. The molecule has 2 atom stereocenters. The molecule has 4 aromatic carbocycles. The van der Waals surface area contributed by atoms with Gasteiger partial charge in [0.25, 0.3) is 5.91 Å². The van der Waals surface area contributed by atoms with Gasteiger partial charge in [-0.25, -0.2) is 4.99 Å². The molecule has 1 saturated heterocycles. The fourth-order valence-corrected chi connectivity index (χ4v) is 7.26. The highest BCUT2D eigenvalue weighted by molar-refractivity contribution is 8.18. The summed E-state index contributed by atoms with van der Waals surface area (Å²) in [7, 11) is 1.64. The van der Waals surface area contributed by atoms with Crippen LogP contribution in [0.3, 0.4) is 0 Å². The minimum atomic E-state index is -0.144. The monoisotopic (exact) mass is 557 g/mol. The minimum Gasteiger partial charge on any atom is -0.496 e. The molecular weight excluding hydrogens is 526 g/mol. The Morgan fingerprint density at radius 2 is 1.44 bits per heavy atom. The van der Waals surface area contributed by atoms with Crippen molar-refractivity contribution in [2.45, 2.75) is 24.7 Å². The molecule has 0 bridgehead atoms. The highest BCUT2D eigenvalue weighted by atomic mass is 32.2. The normalized spacial score (nSPS) is 21.6. The van der Waals surface area contributed by atoms with Crippen LogP contribution in [0.25, 0.3) is 6.08 Å². The highest BCUT2D eigenvalue weighted by Gasteiger charge is 2.35. The molecule has 4 aromatic rings. The van der Waals surface area contributed by atoms with E-state index in [-0.39, 0.29) is 5.91 Å². The molecule has 1 amide bonds. The van der Waals surface area contributed by atoms with Gasteiger partial charge in [0.15, 0.2) is 5.17 Å². The lowest BCUT2D eigenvalue weighted by atomic mass is 9.76. The van der Waals surface area contributed by atoms with Crippen LogP contribution in [0.4, 0.5) is 11.4 Å². The van der Waals surface area contributed by atoms with E-state index in [1.165, 1.54) is 39.7 Å². The van der Waals surface area contributed by atoms with Crippen molar-refractivity contribution in [2.75, 3.05) is 25.1 Å². The van der Waals surface area contributed by atoms with Crippen molar-refractivity contribution in [1.82, 2.24) is 5.32 Å². The number of anilines is 1. The van der Waals surface area contributed by atoms with Crippen LogP contribution in [0, 0.1) is 0 Å². The van der Waals surface area contributed by atoms with Gasteiger partial charge >= 0.3 is 0 Å². The topological polar surface area (TPSA) is 53.9 Å². The van der Waals surface area contributed by atoms with E-state index in [1.807, 2.05) is 30.3 Å². The summed E-state index contributed by atoms with van der Waals surface area (Å²) in [6.45, 7) is 2.11. The Kier molecular flexibility index (Phi) is 6.85. The first kappa shape index (κ1) is 25.7. The standard InChI is InChI=1S/C35H31N3O2S/c1-40-31-15-9-8-14-25(31)20-32-34(39)37-35(41-32)36-26-21-29-27(23-10-4-2-5-11-23)16-18-38-19-17-28(30(22-26)33(29)38)24-12-6-3-7-13-24/h2-15,20-22,27-28H,16-19H2,1H3,(H,36,37,39)/b32-20-/t27-,28+. The molecule has 6 heteroatoms. The molecule has 3 aliphatic rings. The molecule has 0 saturated carbocycles. The quantitative estimate of drug-likeness (QED) is 0.259. The number of carbonyl (C=O) groups excluding carboxylic acids is 1. The Morgan fingerprint density at radius 1 is 0.854 bits per heavy atom. The van der Waals surface area contributed by atoms with Crippen molar-refractivity contribution >= 4 is 40.3 Å². The molecule has 0 aliphatic carbocycles. The lowest BCUT2D eigenvalue weighted by Crippen LogP contribution is -2.37. The maximum atomic E-state index is 12.9. The number of aliphatic imine (C=N–C) groups is 1. The van der Waals surface area contributed by atoms with Gasteiger partial charge in [0.1, 0.15) is 5.75 Å². The first-order valence-corrected chi connectivity index (χ1v) is 14.9. The number of carbonyl (C=O) groups is 1. The van der Waals surface area contributed by atoms with Gasteiger partial charge in [0.2, 0.25) is 0 Å². The summed E-state index contributed by atoms with van der Waals surface area (Å²) in [4.78, 5) is 21.1. The number of ether oxygens (including phenoxy) is 1. The van der Waals surface area contributed by atoms with Crippen LogP contribution in [0.5, 0.6) is 5.75 Å². The second-order valence-electron chi connectivity index (χ2n) is 10.7. The van der Waals surface area contributed by atoms with E-state index in [2.05, 4.69) is 83.0 Å². The second kappa shape index (κ2) is 10.9. The van der Waals surface area contributed by atoms with Crippen LogP contribution < -0.4 is 15.0 Å². The number of amidine groups is 1. The molecule has 7 rings (SSSR count). The lowest BCUT2D eigenvalue weighted by molar-refractivity contribution is -0.115. The number of nitrogens with one attached hydrogen (secondary N) is 1. The van der Waals surface area contributed by atoms with Crippen molar-refractivity contribution < 1.29 is 9.53 Å². The Morgan fingerprint density at radius 3 is 2.05 bits per heavy atom. The van der Waals surface area contributed by atoms with Crippen molar-refractivity contribution in [3.05, 3.63) is 130 Å². The van der Waals surface area contributed by atoms with Crippen LogP contribution in [0.2, 0.25) is 0 Å². The van der Waals surface area contributed by atoms with Crippen LogP contribution in [0.15, 0.2) is 107 Å². The number of amides is 1. The van der Waals surface area contributed by atoms with Gasteiger partial charge < -0.3 is 15.0 Å². The maximum absolute atomic E-state index is 12.9. The number of hydrogen-bond acceptors (Lipinski definition) is 5.